The van der Waals surface area contributed by atoms with Gasteiger partial charge in [-0.2, -0.15) is 0 Å². The molecule has 0 radical (unpaired) electrons. The number of aliphatic carboxylic acids is 1. The highest BCUT2D eigenvalue weighted by molar-refractivity contribution is 6.31. The van der Waals surface area contributed by atoms with Crippen molar-refractivity contribution in [3.05, 3.63) is 34.9 Å². The van der Waals surface area contributed by atoms with Crippen molar-refractivity contribution in [2.24, 2.45) is 0 Å². The van der Waals surface area contributed by atoms with Crippen molar-refractivity contribution in [1.82, 2.24) is 5.32 Å². The monoisotopic (exact) mass is 269 g/mol. The van der Waals surface area contributed by atoms with E-state index in [1.54, 1.807) is 6.07 Å². The molecule has 1 aromatic rings. The Kier molecular flexibility index (Phi) is 4.22. The van der Waals surface area contributed by atoms with Gasteiger partial charge in [0.1, 0.15) is 5.54 Å². The minimum atomic E-state index is -0.891. The van der Waals surface area contributed by atoms with Gasteiger partial charge in [0, 0.05) is 24.8 Å². The van der Waals surface area contributed by atoms with Gasteiger partial charge in [-0.05, 0) is 24.5 Å². The molecule has 0 amide bonds. The lowest BCUT2D eigenvalue weighted by Gasteiger charge is -2.34. The van der Waals surface area contributed by atoms with E-state index >= 15 is 0 Å². The summed E-state index contributed by atoms with van der Waals surface area (Å²) in [7, 11) is 0. The highest BCUT2D eigenvalue weighted by atomic mass is 35.5. The van der Waals surface area contributed by atoms with Crippen LogP contribution in [0.15, 0.2) is 24.3 Å². The standard InChI is InChI=1S/C13H16ClNO3/c14-11-4-2-1-3-10(11)9-15-13(12(16)17)5-7-18-8-6-13/h1-4,15H,5-9H2,(H,16,17). The van der Waals surface area contributed by atoms with Crippen LogP contribution in [0.25, 0.3) is 0 Å². The highest BCUT2D eigenvalue weighted by Gasteiger charge is 2.39. The van der Waals surface area contributed by atoms with Gasteiger partial charge in [0.2, 0.25) is 0 Å². The molecule has 4 nitrogen and oxygen atoms in total. The molecule has 1 aliphatic rings. The van der Waals surface area contributed by atoms with Crippen LogP contribution in [0.3, 0.4) is 0 Å². The Bertz CT molecular complexity index is 430. The summed E-state index contributed by atoms with van der Waals surface area (Å²) in [4.78, 5) is 11.4. The zero-order chi connectivity index (χ0) is 13.0. The van der Waals surface area contributed by atoms with Crippen LogP contribution in [-0.2, 0) is 16.1 Å². The van der Waals surface area contributed by atoms with Crippen LogP contribution in [-0.4, -0.2) is 29.8 Å². The molecule has 2 N–H and O–H groups in total. The lowest BCUT2D eigenvalue weighted by Crippen LogP contribution is -2.55. The molecule has 1 heterocycles. The normalized spacial score (nSPS) is 18.5. The molecule has 0 saturated carbocycles. The fourth-order valence-electron chi connectivity index (χ4n) is 2.09. The molecule has 0 unspecified atom stereocenters. The Hall–Kier alpha value is -1.10. The van der Waals surface area contributed by atoms with Crippen LogP contribution >= 0.6 is 11.6 Å². The van der Waals surface area contributed by atoms with Crippen molar-refractivity contribution in [1.29, 1.82) is 0 Å². The van der Waals surface area contributed by atoms with E-state index < -0.39 is 11.5 Å². The van der Waals surface area contributed by atoms with Gasteiger partial charge in [-0.15, -0.1) is 0 Å². The maximum absolute atomic E-state index is 11.4. The fraction of sp³-hybridized carbons (Fsp3) is 0.462. The van der Waals surface area contributed by atoms with Crippen molar-refractivity contribution in [2.75, 3.05) is 13.2 Å². The van der Waals surface area contributed by atoms with Crippen LogP contribution < -0.4 is 5.32 Å². The topological polar surface area (TPSA) is 58.6 Å². The third-order valence-electron chi connectivity index (χ3n) is 3.33. The molecule has 1 aromatic carbocycles. The first kappa shape index (κ1) is 13.3. The Morgan fingerprint density at radius 1 is 1.39 bits per heavy atom. The number of hydrogen-bond donors (Lipinski definition) is 2. The SMILES string of the molecule is O=C(O)C1(NCc2ccccc2Cl)CCOCC1. The van der Waals surface area contributed by atoms with Gasteiger partial charge in [0.25, 0.3) is 0 Å². The zero-order valence-corrected chi connectivity index (χ0v) is 10.7. The molecule has 1 aliphatic heterocycles. The van der Waals surface area contributed by atoms with Crippen LogP contribution in [0.1, 0.15) is 18.4 Å². The average molecular weight is 270 g/mol. The second-order valence-electron chi connectivity index (χ2n) is 4.44. The Balaban J connectivity index is 2.06. The average Bonchev–Trinajstić information content (AvgIpc) is 2.39. The second-order valence-corrected chi connectivity index (χ2v) is 4.85. The highest BCUT2D eigenvalue weighted by Crippen LogP contribution is 2.23. The van der Waals surface area contributed by atoms with Crippen LogP contribution in [0, 0.1) is 0 Å². The predicted octanol–water partition coefficient (Wildman–Crippen LogP) is 2.06. The summed E-state index contributed by atoms with van der Waals surface area (Å²) >= 11 is 6.05. The van der Waals surface area contributed by atoms with Crippen LogP contribution in [0.2, 0.25) is 5.02 Å². The van der Waals surface area contributed by atoms with Crippen molar-refractivity contribution >= 4 is 17.6 Å². The minimum Gasteiger partial charge on any atom is -0.480 e. The first-order chi connectivity index (χ1) is 8.64. The summed E-state index contributed by atoms with van der Waals surface area (Å²) in [5, 5.41) is 13.2. The molecule has 0 aromatic heterocycles. The van der Waals surface area contributed by atoms with E-state index in [1.807, 2.05) is 18.2 Å². The van der Waals surface area contributed by atoms with Gasteiger partial charge in [0.05, 0.1) is 0 Å². The number of nitrogens with one attached hydrogen (secondary N) is 1. The number of halogens is 1. The van der Waals surface area contributed by atoms with Crippen LogP contribution in [0.5, 0.6) is 0 Å². The van der Waals surface area contributed by atoms with E-state index in [0.717, 1.165) is 5.56 Å². The molecule has 98 valence electrons. The summed E-state index contributed by atoms with van der Waals surface area (Å²) in [5.41, 5.74) is 0.0171. The number of carboxylic acids is 1. The summed E-state index contributed by atoms with van der Waals surface area (Å²) in [6.07, 6.45) is 0.958. The zero-order valence-electron chi connectivity index (χ0n) is 9.99. The number of carbonyl (C=O) groups is 1. The molecule has 5 heteroatoms. The van der Waals surface area contributed by atoms with E-state index in [0.29, 0.717) is 37.6 Å². The van der Waals surface area contributed by atoms with E-state index in [4.69, 9.17) is 16.3 Å². The van der Waals surface area contributed by atoms with Gasteiger partial charge in [-0.25, -0.2) is 0 Å². The molecular weight excluding hydrogens is 254 g/mol. The summed E-state index contributed by atoms with van der Waals surface area (Å²) in [6, 6.07) is 7.44. The smallest absolute Gasteiger partial charge is 0.324 e. The molecule has 0 atom stereocenters. The molecule has 18 heavy (non-hydrogen) atoms. The van der Waals surface area contributed by atoms with E-state index in [1.165, 1.54) is 0 Å². The number of ether oxygens (including phenoxy) is 1. The molecule has 0 bridgehead atoms. The Labute approximate surface area is 111 Å². The first-order valence-corrected chi connectivity index (χ1v) is 6.31. The first-order valence-electron chi connectivity index (χ1n) is 5.94. The molecule has 0 aliphatic carbocycles. The van der Waals surface area contributed by atoms with Crippen molar-refractivity contribution in [3.63, 3.8) is 0 Å². The summed E-state index contributed by atoms with van der Waals surface area (Å²) in [5.74, 6) is -0.821. The molecule has 1 fully saturated rings. The molecule has 0 spiro atoms. The molecule has 1 saturated heterocycles. The minimum absolute atomic E-state index is 0.450. The third-order valence-corrected chi connectivity index (χ3v) is 3.70. The van der Waals surface area contributed by atoms with E-state index in [9.17, 15) is 9.90 Å². The van der Waals surface area contributed by atoms with Gasteiger partial charge >= 0.3 is 5.97 Å². The number of carboxylic acid groups (broad SMARTS) is 1. The van der Waals surface area contributed by atoms with Crippen LogP contribution in [0.4, 0.5) is 0 Å². The number of rotatable bonds is 4. The van der Waals surface area contributed by atoms with Crippen molar-refractivity contribution < 1.29 is 14.6 Å². The quantitative estimate of drug-likeness (QED) is 0.879. The van der Waals surface area contributed by atoms with Gasteiger partial charge in [-0.3, -0.25) is 10.1 Å². The lowest BCUT2D eigenvalue weighted by molar-refractivity contribution is -0.149. The molecule has 2 rings (SSSR count). The third kappa shape index (κ3) is 2.83. The van der Waals surface area contributed by atoms with Crippen molar-refractivity contribution in [3.8, 4) is 0 Å². The maximum atomic E-state index is 11.4. The van der Waals surface area contributed by atoms with Gasteiger partial charge < -0.3 is 9.84 Å². The van der Waals surface area contributed by atoms with Gasteiger partial charge in [0.15, 0.2) is 0 Å². The summed E-state index contributed by atoms with van der Waals surface area (Å²) < 4.78 is 5.22. The van der Waals surface area contributed by atoms with Gasteiger partial charge in [-0.1, -0.05) is 29.8 Å². The Morgan fingerprint density at radius 2 is 2.06 bits per heavy atom. The largest absolute Gasteiger partial charge is 0.480 e. The maximum Gasteiger partial charge on any atom is 0.324 e. The number of benzene rings is 1. The van der Waals surface area contributed by atoms with E-state index in [-0.39, 0.29) is 0 Å². The number of hydrogen-bond acceptors (Lipinski definition) is 3. The second kappa shape index (κ2) is 5.69. The van der Waals surface area contributed by atoms with Crippen molar-refractivity contribution in [2.45, 2.75) is 24.9 Å². The predicted molar refractivity (Wildman–Crippen MR) is 68.7 cm³/mol. The van der Waals surface area contributed by atoms with E-state index in [2.05, 4.69) is 5.32 Å². The molecular formula is C13H16ClNO3. The Morgan fingerprint density at radius 3 is 2.67 bits per heavy atom. The fourth-order valence-corrected chi connectivity index (χ4v) is 2.29. The summed E-state index contributed by atoms with van der Waals surface area (Å²) in [6.45, 7) is 1.40. The lowest BCUT2D eigenvalue weighted by atomic mass is 9.90.